The van der Waals surface area contributed by atoms with Gasteiger partial charge >= 0.3 is 0 Å². The number of rotatable bonds is 5. The number of nitrogens with zero attached hydrogens (tertiary/aromatic N) is 1. The van der Waals surface area contributed by atoms with Gasteiger partial charge in [0.15, 0.2) is 5.69 Å². The molecule has 1 heterocycles. The van der Waals surface area contributed by atoms with Crippen molar-refractivity contribution < 1.29 is 20.0 Å². The van der Waals surface area contributed by atoms with E-state index in [1.54, 1.807) is 12.1 Å². The number of benzene rings is 2. The monoisotopic (exact) mass is 361 g/mol. The largest absolute Gasteiger partial charge is 0.595 e. The molecule has 0 saturated carbocycles. The van der Waals surface area contributed by atoms with E-state index in [2.05, 4.69) is 5.43 Å². The lowest BCUT2D eigenvalue weighted by atomic mass is 9.95. The summed E-state index contributed by atoms with van der Waals surface area (Å²) in [5.74, 6) is -0.767. The fourth-order valence-electron chi connectivity index (χ4n) is 2.71. The summed E-state index contributed by atoms with van der Waals surface area (Å²) in [4.78, 5) is 24.2. The molecule has 2 aromatic rings. The second kappa shape index (κ2) is 7.20. The smallest absolute Gasteiger partial charge is 0.262 e. The van der Waals surface area contributed by atoms with Gasteiger partial charge in [0.1, 0.15) is 11.4 Å². The van der Waals surface area contributed by atoms with Crippen LogP contribution in [0.5, 0.6) is 0 Å². The summed E-state index contributed by atoms with van der Waals surface area (Å²) in [6.45, 7) is 0. The molecule has 8 heteroatoms. The highest BCUT2D eigenvalue weighted by atomic mass is 35.5. The Balaban J connectivity index is 1.73. The van der Waals surface area contributed by atoms with Crippen molar-refractivity contribution >= 4 is 29.1 Å². The van der Waals surface area contributed by atoms with E-state index >= 15 is 0 Å². The Bertz CT molecular complexity index is 784. The van der Waals surface area contributed by atoms with Crippen LogP contribution >= 0.6 is 11.6 Å². The first-order valence-corrected chi connectivity index (χ1v) is 8.05. The van der Waals surface area contributed by atoms with Crippen LogP contribution in [0, 0.1) is 5.21 Å². The Morgan fingerprint density at radius 1 is 1.24 bits per heavy atom. The van der Waals surface area contributed by atoms with Crippen LogP contribution in [0.3, 0.4) is 0 Å². The Morgan fingerprint density at radius 2 is 1.96 bits per heavy atom. The van der Waals surface area contributed by atoms with Crippen LogP contribution in [0.25, 0.3) is 0 Å². The Morgan fingerprint density at radius 3 is 2.64 bits per heavy atom. The fourth-order valence-corrected chi connectivity index (χ4v) is 3.07. The van der Waals surface area contributed by atoms with Crippen LogP contribution in [0.15, 0.2) is 54.6 Å². The summed E-state index contributed by atoms with van der Waals surface area (Å²) in [7, 11) is 0. The molecule has 2 aromatic carbocycles. The Labute approximate surface area is 148 Å². The van der Waals surface area contributed by atoms with Crippen LogP contribution in [0.1, 0.15) is 17.2 Å². The van der Waals surface area contributed by atoms with Gasteiger partial charge in [0.2, 0.25) is 5.91 Å². The number of β-lactam (4-membered cyclic amide) rings is 1. The number of hydrogen-bond donors (Lipinski definition) is 3. The van der Waals surface area contributed by atoms with Crippen molar-refractivity contribution in [2.45, 2.75) is 17.8 Å². The average molecular weight is 362 g/mol. The molecule has 3 atom stereocenters. The number of halogens is 1. The molecule has 25 heavy (non-hydrogen) atoms. The molecule has 1 aliphatic heterocycles. The topological polar surface area (TPSA) is 97.1 Å². The maximum Gasteiger partial charge on any atom is 0.262 e. The van der Waals surface area contributed by atoms with E-state index in [-0.39, 0.29) is 18.0 Å². The molecule has 0 aromatic heterocycles. The van der Waals surface area contributed by atoms with Crippen LogP contribution in [-0.4, -0.2) is 27.4 Å². The minimum Gasteiger partial charge on any atom is -0.595 e. The molecule has 0 bridgehead atoms. The SMILES string of the molecule is O=C(Cc1ccccc1)NN1C(=O)C(Cl)C1c1cccc([NH+]([O-])O)c1. The number of quaternary nitrogens is 1. The van der Waals surface area contributed by atoms with Crippen molar-refractivity contribution in [3.05, 3.63) is 70.9 Å². The Kier molecular flexibility index (Phi) is 5.00. The number of hydrogen-bond acceptors (Lipinski definition) is 4. The molecule has 130 valence electrons. The van der Waals surface area contributed by atoms with Crippen LogP contribution in [0.4, 0.5) is 5.69 Å². The zero-order valence-corrected chi connectivity index (χ0v) is 13.8. The zero-order chi connectivity index (χ0) is 18.0. The highest BCUT2D eigenvalue weighted by Gasteiger charge is 2.48. The molecule has 3 N–H and O–H groups in total. The number of amides is 2. The molecule has 0 spiro atoms. The highest BCUT2D eigenvalue weighted by molar-refractivity contribution is 6.33. The fraction of sp³-hybridized carbons (Fsp3) is 0.176. The molecular formula is C17H16ClN3O4. The van der Waals surface area contributed by atoms with E-state index < -0.39 is 22.6 Å². The van der Waals surface area contributed by atoms with Gasteiger partial charge in [-0.1, -0.05) is 42.5 Å². The third-order valence-electron chi connectivity index (χ3n) is 3.96. The highest BCUT2D eigenvalue weighted by Crippen LogP contribution is 2.37. The van der Waals surface area contributed by atoms with E-state index in [1.807, 2.05) is 30.3 Å². The van der Waals surface area contributed by atoms with Crippen molar-refractivity contribution in [3.8, 4) is 0 Å². The lowest BCUT2D eigenvalue weighted by Crippen LogP contribution is -2.99. The van der Waals surface area contributed by atoms with Crippen LogP contribution in [0.2, 0.25) is 0 Å². The molecule has 1 saturated heterocycles. The first-order valence-electron chi connectivity index (χ1n) is 7.61. The van der Waals surface area contributed by atoms with Gasteiger partial charge in [-0.25, -0.2) is 10.2 Å². The van der Waals surface area contributed by atoms with E-state index in [1.165, 1.54) is 12.1 Å². The van der Waals surface area contributed by atoms with Crippen LogP contribution in [-0.2, 0) is 16.0 Å². The summed E-state index contributed by atoms with van der Waals surface area (Å²) in [5.41, 5.74) is 4.02. The molecular weight excluding hydrogens is 346 g/mol. The van der Waals surface area contributed by atoms with Gasteiger partial charge in [0.25, 0.3) is 5.91 Å². The maximum atomic E-state index is 12.2. The molecule has 3 unspecified atom stereocenters. The standard InChI is InChI=1S/C17H16ClN3O4/c18-15-16(12-7-4-8-13(10-12)21(24)25)20(17(15)23)19-14(22)9-11-5-2-1-3-6-11/h1-8,10,15-16,21,24H,9H2,(H,19,22). The Hall–Kier alpha value is -2.45. The molecule has 2 amide bonds. The molecule has 1 fully saturated rings. The zero-order valence-electron chi connectivity index (χ0n) is 13.1. The second-order valence-corrected chi connectivity index (χ2v) is 6.15. The van der Waals surface area contributed by atoms with E-state index in [0.717, 1.165) is 10.6 Å². The first kappa shape index (κ1) is 17.4. The van der Waals surface area contributed by atoms with E-state index in [4.69, 9.17) is 16.8 Å². The molecule has 0 aliphatic carbocycles. The third kappa shape index (κ3) is 3.64. The van der Waals surface area contributed by atoms with Crippen molar-refractivity contribution in [3.63, 3.8) is 0 Å². The number of nitrogens with one attached hydrogen (secondary N) is 2. The maximum absolute atomic E-state index is 12.2. The lowest BCUT2D eigenvalue weighted by Gasteiger charge is -2.44. The molecule has 7 nitrogen and oxygen atoms in total. The average Bonchev–Trinajstić information content (AvgIpc) is 2.62. The minimum atomic E-state index is -1.07. The van der Waals surface area contributed by atoms with Gasteiger partial charge in [-0.05, 0) is 11.1 Å². The number of carbonyl (C=O) groups is 2. The van der Waals surface area contributed by atoms with Gasteiger partial charge in [-0.2, -0.15) is 5.23 Å². The quantitative estimate of drug-likeness (QED) is 0.418. The second-order valence-electron chi connectivity index (χ2n) is 5.68. The number of carbonyl (C=O) groups excluding carboxylic acids is 2. The third-order valence-corrected chi connectivity index (χ3v) is 4.38. The summed E-state index contributed by atoms with van der Waals surface area (Å²) >= 11 is 6.08. The normalized spacial score (nSPS) is 20.8. The summed E-state index contributed by atoms with van der Waals surface area (Å²) in [6, 6.07) is 14.7. The van der Waals surface area contributed by atoms with Gasteiger partial charge in [0, 0.05) is 12.1 Å². The lowest BCUT2D eigenvalue weighted by molar-refractivity contribution is -0.991. The molecule has 0 radical (unpaired) electrons. The first-order chi connectivity index (χ1) is 12.0. The number of hydrazine groups is 1. The van der Waals surface area contributed by atoms with Crippen LogP contribution < -0.4 is 10.7 Å². The van der Waals surface area contributed by atoms with E-state index in [0.29, 0.717) is 5.56 Å². The van der Waals surface area contributed by atoms with Crippen molar-refractivity contribution in [1.29, 1.82) is 0 Å². The van der Waals surface area contributed by atoms with Gasteiger partial charge in [0.05, 0.1) is 6.42 Å². The van der Waals surface area contributed by atoms with Crippen molar-refractivity contribution in [1.82, 2.24) is 10.4 Å². The summed E-state index contributed by atoms with van der Waals surface area (Å²) < 4.78 is 0. The van der Waals surface area contributed by atoms with Crippen molar-refractivity contribution in [2.75, 3.05) is 0 Å². The molecule has 3 rings (SSSR count). The predicted molar refractivity (Wildman–Crippen MR) is 89.7 cm³/mol. The van der Waals surface area contributed by atoms with Gasteiger partial charge in [-0.3, -0.25) is 15.0 Å². The number of alkyl halides is 1. The molecule has 1 aliphatic rings. The van der Waals surface area contributed by atoms with E-state index in [9.17, 15) is 14.8 Å². The minimum absolute atomic E-state index is 0.0938. The van der Waals surface area contributed by atoms with Gasteiger partial charge < -0.3 is 5.21 Å². The predicted octanol–water partition coefficient (Wildman–Crippen LogP) is 0.855. The van der Waals surface area contributed by atoms with Gasteiger partial charge in [-0.15, -0.1) is 11.6 Å². The summed E-state index contributed by atoms with van der Waals surface area (Å²) in [6.07, 6.45) is 0.124. The summed E-state index contributed by atoms with van der Waals surface area (Å²) in [5, 5.41) is 19.4. The van der Waals surface area contributed by atoms with Crippen molar-refractivity contribution in [2.24, 2.45) is 0 Å².